The predicted octanol–water partition coefficient (Wildman–Crippen LogP) is 0.945. The summed E-state index contributed by atoms with van der Waals surface area (Å²) >= 11 is 0. The zero-order chi connectivity index (χ0) is 15.1. The van der Waals surface area contributed by atoms with Crippen LogP contribution in [0.15, 0.2) is 12.4 Å². The van der Waals surface area contributed by atoms with E-state index in [9.17, 15) is 0 Å². The summed E-state index contributed by atoms with van der Waals surface area (Å²) in [5.74, 6) is 0. The number of aromatic nitrogens is 2. The largest absolute Gasteiger partial charge is 0.498 e. The van der Waals surface area contributed by atoms with Crippen LogP contribution in [0, 0.1) is 0 Å². The number of nitrogens with zero attached hydrogens (tertiary/aromatic N) is 2. The van der Waals surface area contributed by atoms with E-state index in [1.54, 1.807) is 6.20 Å². The molecule has 2 aliphatic heterocycles. The van der Waals surface area contributed by atoms with Crippen LogP contribution in [0.3, 0.4) is 0 Å². The fourth-order valence-electron chi connectivity index (χ4n) is 2.41. The van der Waals surface area contributed by atoms with Gasteiger partial charge in [-0.1, -0.05) is 0 Å². The Hall–Kier alpha value is -0.885. The predicted molar refractivity (Wildman–Crippen MR) is 78.3 cm³/mol. The van der Waals surface area contributed by atoms with E-state index in [4.69, 9.17) is 18.8 Å². The molecule has 116 valence electrons. The van der Waals surface area contributed by atoms with Crippen molar-refractivity contribution in [1.82, 2.24) is 9.78 Å². The molecule has 0 saturated carbocycles. The van der Waals surface area contributed by atoms with Gasteiger partial charge in [-0.15, -0.1) is 0 Å². The number of rotatable bonds is 4. The average molecular weight is 294 g/mol. The standard InChI is InChI=1S/C14H23BN2O4/c1-13(2)14(3,4)21-15(20-13)11-9-16-17(10-11)6-5-12-18-7-8-19-12/h9-10,12H,5-8H2,1-4H3. The van der Waals surface area contributed by atoms with Gasteiger partial charge >= 0.3 is 7.12 Å². The van der Waals surface area contributed by atoms with E-state index in [1.165, 1.54) is 0 Å². The first-order chi connectivity index (χ1) is 9.87. The molecule has 0 radical (unpaired) electrons. The topological polar surface area (TPSA) is 54.7 Å². The van der Waals surface area contributed by atoms with Crippen LogP contribution in [-0.4, -0.2) is 47.6 Å². The molecule has 0 amide bonds. The van der Waals surface area contributed by atoms with Crippen LogP contribution in [0.1, 0.15) is 34.1 Å². The molecule has 0 spiro atoms. The highest BCUT2D eigenvalue weighted by atomic mass is 16.7. The highest BCUT2D eigenvalue weighted by Crippen LogP contribution is 2.36. The molecule has 0 atom stereocenters. The van der Waals surface area contributed by atoms with E-state index in [2.05, 4.69) is 5.10 Å². The third-order valence-corrected chi connectivity index (χ3v) is 4.46. The lowest BCUT2D eigenvalue weighted by Gasteiger charge is -2.32. The lowest BCUT2D eigenvalue weighted by molar-refractivity contribution is -0.0495. The van der Waals surface area contributed by atoms with Crippen LogP contribution in [0.2, 0.25) is 0 Å². The maximum Gasteiger partial charge on any atom is 0.498 e. The summed E-state index contributed by atoms with van der Waals surface area (Å²) in [5.41, 5.74) is 0.290. The van der Waals surface area contributed by atoms with Crippen LogP contribution in [-0.2, 0) is 25.3 Å². The van der Waals surface area contributed by atoms with Gasteiger partial charge in [0.05, 0.1) is 24.4 Å². The van der Waals surface area contributed by atoms with Gasteiger partial charge in [0.25, 0.3) is 0 Å². The molecular formula is C14H23BN2O4. The molecule has 1 aromatic rings. The summed E-state index contributed by atoms with van der Waals surface area (Å²) in [6.45, 7) is 10.3. The summed E-state index contributed by atoms with van der Waals surface area (Å²) in [6.07, 6.45) is 4.47. The van der Waals surface area contributed by atoms with Gasteiger partial charge in [-0.05, 0) is 27.7 Å². The summed E-state index contributed by atoms with van der Waals surface area (Å²) in [7, 11) is -0.359. The molecule has 3 rings (SSSR count). The number of ether oxygens (including phenoxy) is 2. The minimum Gasteiger partial charge on any atom is -0.399 e. The highest BCUT2D eigenvalue weighted by molar-refractivity contribution is 6.61. The quantitative estimate of drug-likeness (QED) is 0.774. The van der Waals surface area contributed by atoms with E-state index in [-0.39, 0.29) is 24.6 Å². The molecular weight excluding hydrogens is 271 g/mol. The summed E-state index contributed by atoms with van der Waals surface area (Å²) < 4.78 is 24.8. The SMILES string of the molecule is CC1(C)OB(c2cnn(CCC3OCCO3)c2)OC1(C)C. The lowest BCUT2D eigenvalue weighted by Crippen LogP contribution is -2.41. The van der Waals surface area contributed by atoms with Crippen molar-refractivity contribution >= 4 is 12.6 Å². The van der Waals surface area contributed by atoms with Crippen molar-refractivity contribution in [2.24, 2.45) is 0 Å². The van der Waals surface area contributed by atoms with Crippen molar-refractivity contribution in [2.45, 2.75) is 58.2 Å². The van der Waals surface area contributed by atoms with Gasteiger partial charge in [0.1, 0.15) is 0 Å². The Balaban J connectivity index is 1.60. The number of aryl methyl sites for hydroxylation is 1. The Morgan fingerprint density at radius 1 is 1.19 bits per heavy atom. The third-order valence-electron chi connectivity index (χ3n) is 4.46. The van der Waals surface area contributed by atoms with Gasteiger partial charge in [0.2, 0.25) is 0 Å². The normalized spacial score (nSPS) is 24.9. The molecule has 21 heavy (non-hydrogen) atoms. The fourth-order valence-corrected chi connectivity index (χ4v) is 2.41. The Morgan fingerprint density at radius 2 is 1.81 bits per heavy atom. The van der Waals surface area contributed by atoms with Crippen LogP contribution in [0.5, 0.6) is 0 Å². The molecule has 0 unspecified atom stereocenters. The van der Waals surface area contributed by atoms with Crippen LogP contribution >= 0.6 is 0 Å². The van der Waals surface area contributed by atoms with Crippen molar-refractivity contribution in [1.29, 1.82) is 0 Å². The monoisotopic (exact) mass is 294 g/mol. The molecule has 0 bridgehead atoms. The zero-order valence-corrected chi connectivity index (χ0v) is 13.2. The maximum atomic E-state index is 6.02. The second-order valence-corrected chi connectivity index (χ2v) is 6.58. The highest BCUT2D eigenvalue weighted by Gasteiger charge is 2.52. The van der Waals surface area contributed by atoms with Gasteiger partial charge in [0, 0.05) is 30.8 Å². The zero-order valence-electron chi connectivity index (χ0n) is 13.2. The van der Waals surface area contributed by atoms with E-state index >= 15 is 0 Å². The van der Waals surface area contributed by atoms with E-state index in [0.29, 0.717) is 13.2 Å². The Kier molecular flexibility index (Phi) is 3.86. The van der Waals surface area contributed by atoms with Gasteiger partial charge in [-0.25, -0.2) is 0 Å². The fraction of sp³-hybridized carbons (Fsp3) is 0.786. The van der Waals surface area contributed by atoms with Crippen molar-refractivity contribution < 1.29 is 18.8 Å². The Labute approximate surface area is 125 Å². The molecule has 0 N–H and O–H groups in total. The third kappa shape index (κ3) is 3.01. The lowest BCUT2D eigenvalue weighted by atomic mass is 9.82. The van der Waals surface area contributed by atoms with Gasteiger partial charge in [0.15, 0.2) is 6.29 Å². The second-order valence-electron chi connectivity index (χ2n) is 6.58. The summed E-state index contributed by atoms with van der Waals surface area (Å²) in [6, 6.07) is 0. The first-order valence-electron chi connectivity index (χ1n) is 7.49. The molecule has 2 fully saturated rings. The molecule has 0 aliphatic carbocycles. The first-order valence-corrected chi connectivity index (χ1v) is 7.49. The van der Waals surface area contributed by atoms with Gasteiger partial charge < -0.3 is 18.8 Å². The smallest absolute Gasteiger partial charge is 0.399 e. The van der Waals surface area contributed by atoms with E-state index in [0.717, 1.165) is 18.4 Å². The Morgan fingerprint density at radius 3 is 2.43 bits per heavy atom. The molecule has 3 heterocycles. The van der Waals surface area contributed by atoms with Crippen molar-refractivity contribution in [3.63, 3.8) is 0 Å². The van der Waals surface area contributed by atoms with Crippen molar-refractivity contribution in [3.8, 4) is 0 Å². The van der Waals surface area contributed by atoms with E-state index < -0.39 is 0 Å². The number of hydrogen-bond donors (Lipinski definition) is 0. The molecule has 0 aromatic carbocycles. The second kappa shape index (κ2) is 5.39. The molecule has 2 aliphatic rings. The minimum absolute atomic E-state index is 0.102. The molecule has 7 heteroatoms. The van der Waals surface area contributed by atoms with Crippen LogP contribution < -0.4 is 5.46 Å². The van der Waals surface area contributed by atoms with Crippen LogP contribution in [0.4, 0.5) is 0 Å². The molecule has 1 aromatic heterocycles. The first kappa shape index (κ1) is 15.0. The summed E-state index contributed by atoms with van der Waals surface area (Å²) in [4.78, 5) is 0. The van der Waals surface area contributed by atoms with Crippen molar-refractivity contribution in [3.05, 3.63) is 12.4 Å². The molecule has 2 saturated heterocycles. The maximum absolute atomic E-state index is 6.02. The van der Waals surface area contributed by atoms with E-state index in [1.807, 2.05) is 38.6 Å². The average Bonchev–Trinajstić information content (AvgIpc) is 3.09. The Bertz CT molecular complexity index is 481. The van der Waals surface area contributed by atoms with Gasteiger partial charge in [-0.3, -0.25) is 4.68 Å². The summed E-state index contributed by atoms with van der Waals surface area (Å²) in [5, 5.41) is 4.36. The van der Waals surface area contributed by atoms with Crippen LogP contribution in [0.25, 0.3) is 0 Å². The van der Waals surface area contributed by atoms with Gasteiger partial charge in [-0.2, -0.15) is 5.10 Å². The van der Waals surface area contributed by atoms with Crippen molar-refractivity contribution in [2.75, 3.05) is 13.2 Å². The molecule has 6 nitrogen and oxygen atoms in total. The number of hydrogen-bond acceptors (Lipinski definition) is 5. The minimum atomic E-state index is -0.359.